The first kappa shape index (κ1) is 12.8. The van der Waals surface area contributed by atoms with Crippen molar-refractivity contribution in [1.82, 2.24) is 9.97 Å². The van der Waals surface area contributed by atoms with Crippen molar-refractivity contribution in [3.05, 3.63) is 18.0 Å². The van der Waals surface area contributed by atoms with E-state index in [0.29, 0.717) is 18.2 Å². The van der Waals surface area contributed by atoms with Crippen molar-refractivity contribution in [3.8, 4) is 0 Å². The van der Waals surface area contributed by atoms with E-state index in [-0.39, 0.29) is 17.6 Å². The third kappa shape index (κ3) is 3.11. The third-order valence-electron chi connectivity index (χ3n) is 2.12. The van der Waals surface area contributed by atoms with Crippen LogP contribution in [0.2, 0.25) is 0 Å². The minimum Gasteiger partial charge on any atom is -0.395 e. The summed E-state index contributed by atoms with van der Waals surface area (Å²) in [4.78, 5) is 10.5. The van der Waals surface area contributed by atoms with Crippen LogP contribution < -0.4 is 10.6 Å². The summed E-state index contributed by atoms with van der Waals surface area (Å²) in [6, 6.07) is 1.87. The number of anilines is 1. The predicted molar refractivity (Wildman–Crippen MR) is 67.5 cm³/mol. The molecule has 0 aliphatic carbocycles. The number of aromatic nitrogens is 2. The normalized spacial score (nSPS) is 10.5. The van der Waals surface area contributed by atoms with Crippen LogP contribution in [0.15, 0.2) is 12.3 Å². The van der Waals surface area contributed by atoms with Crippen LogP contribution in [0, 0.1) is 0 Å². The predicted octanol–water partition coefficient (Wildman–Crippen LogP) is 0.318. The molecule has 16 heavy (non-hydrogen) atoms. The first-order chi connectivity index (χ1) is 7.56. The number of rotatable bonds is 5. The van der Waals surface area contributed by atoms with Crippen LogP contribution >= 0.6 is 12.2 Å². The zero-order valence-corrected chi connectivity index (χ0v) is 10.2. The number of nitrogens with zero attached hydrogens (tertiary/aromatic N) is 3. The highest BCUT2D eigenvalue weighted by atomic mass is 32.1. The summed E-state index contributed by atoms with van der Waals surface area (Å²) in [5, 5.41) is 8.98. The lowest BCUT2D eigenvalue weighted by molar-refractivity contribution is 0.298. The molecule has 3 N–H and O–H groups in total. The molecule has 5 nitrogen and oxygen atoms in total. The van der Waals surface area contributed by atoms with Gasteiger partial charge in [0.2, 0.25) is 5.95 Å². The number of aliphatic hydroxyl groups is 1. The number of hydrogen-bond donors (Lipinski definition) is 2. The zero-order chi connectivity index (χ0) is 12.1. The van der Waals surface area contributed by atoms with Gasteiger partial charge in [0.05, 0.1) is 6.61 Å². The monoisotopic (exact) mass is 240 g/mol. The number of hydrogen-bond acceptors (Lipinski definition) is 5. The smallest absolute Gasteiger partial charge is 0.226 e. The van der Waals surface area contributed by atoms with Crippen LogP contribution in [0.5, 0.6) is 0 Å². The fourth-order valence-electron chi connectivity index (χ4n) is 1.32. The van der Waals surface area contributed by atoms with Crippen molar-refractivity contribution < 1.29 is 5.11 Å². The SMILES string of the molecule is CC(C)N(CCO)c1nccc(C(N)=S)n1. The van der Waals surface area contributed by atoms with Crippen molar-refractivity contribution in [3.63, 3.8) is 0 Å². The Morgan fingerprint density at radius 2 is 2.31 bits per heavy atom. The molecule has 1 aromatic heterocycles. The van der Waals surface area contributed by atoms with Crippen LogP contribution in [0.4, 0.5) is 5.95 Å². The molecule has 0 aliphatic heterocycles. The molecule has 0 aromatic carbocycles. The van der Waals surface area contributed by atoms with Crippen LogP contribution in [0.3, 0.4) is 0 Å². The second-order valence-corrected chi connectivity index (χ2v) is 4.06. The molecule has 1 heterocycles. The average molecular weight is 240 g/mol. The van der Waals surface area contributed by atoms with Crippen LogP contribution in [0.25, 0.3) is 0 Å². The van der Waals surface area contributed by atoms with Crippen molar-refractivity contribution in [2.24, 2.45) is 5.73 Å². The molecule has 0 radical (unpaired) electrons. The molecule has 0 saturated carbocycles. The van der Waals surface area contributed by atoms with Crippen molar-refractivity contribution in [1.29, 1.82) is 0 Å². The van der Waals surface area contributed by atoms with Gasteiger partial charge in [0.15, 0.2) is 0 Å². The summed E-state index contributed by atoms with van der Waals surface area (Å²) in [5.41, 5.74) is 6.05. The summed E-state index contributed by atoms with van der Waals surface area (Å²) < 4.78 is 0. The highest BCUT2D eigenvalue weighted by Crippen LogP contribution is 2.10. The molecule has 88 valence electrons. The Morgan fingerprint density at radius 1 is 1.62 bits per heavy atom. The summed E-state index contributed by atoms with van der Waals surface area (Å²) in [6.07, 6.45) is 1.61. The van der Waals surface area contributed by atoms with Gasteiger partial charge in [-0.3, -0.25) is 0 Å². The Hall–Kier alpha value is -1.27. The lowest BCUT2D eigenvalue weighted by Crippen LogP contribution is -2.35. The van der Waals surface area contributed by atoms with Gasteiger partial charge in [-0.25, -0.2) is 9.97 Å². The van der Waals surface area contributed by atoms with E-state index in [1.807, 2.05) is 18.7 Å². The fourth-order valence-corrected chi connectivity index (χ4v) is 1.43. The number of nitrogens with two attached hydrogens (primary N) is 1. The Kier molecular flexibility index (Phi) is 4.57. The van der Waals surface area contributed by atoms with Gasteiger partial charge in [0, 0.05) is 18.8 Å². The van der Waals surface area contributed by atoms with Gasteiger partial charge >= 0.3 is 0 Å². The van der Waals surface area contributed by atoms with E-state index < -0.39 is 0 Å². The highest BCUT2D eigenvalue weighted by Gasteiger charge is 2.13. The zero-order valence-electron chi connectivity index (χ0n) is 9.42. The summed E-state index contributed by atoms with van der Waals surface area (Å²) >= 11 is 4.86. The second-order valence-electron chi connectivity index (χ2n) is 3.62. The summed E-state index contributed by atoms with van der Waals surface area (Å²) in [7, 11) is 0. The quantitative estimate of drug-likeness (QED) is 0.722. The van der Waals surface area contributed by atoms with Crippen molar-refractivity contribution >= 4 is 23.2 Å². The summed E-state index contributed by atoms with van der Waals surface area (Å²) in [5.74, 6) is 0.536. The minimum atomic E-state index is 0.0544. The molecular weight excluding hydrogens is 224 g/mol. The Labute approximate surface area is 100 Å². The lowest BCUT2D eigenvalue weighted by Gasteiger charge is -2.25. The van der Waals surface area contributed by atoms with Gasteiger partial charge in [0.1, 0.15) is 10.7 Å². The molecule has 0 fully saturated rings. The Balaban J connectivity index is 3.00. The lowest BCUT2D eigenvalue weighted by atomic mass is 10.3. The topological polar surface area (TPSA) is 75.3 Å². The molecule has 0 aliphatic rings. The van der Waals surface area contributed by atoms with Gasteiger partial charge in [-0.1, -0.05) is 12.2 Å². The molecule has 0 amide bonds. The van der Waals surface area contributed by atoms with E-state index in [1.165, 1.54) is 0 Å². The van der Waals surface area contributed by atoms with E-state index >= 15 is 0 Å². The molecule has 6 heteroatoms. The summed E-state index contributed by atoms with van der Waals surface area (Å²) in [6.45, 7) is 4.55. The highest BCUT2D eigenvalue weighted by molar-refractivity contribution is 7.80. The maximum absolute atomic E-state index is 8.98. The maximum Gasteiger partial charge on any atom is 0.226 e. The fraction of sp³-hybridized carbons (Fsp3) is 0.500. The van der Waals surface area contributed by atoms with Crippen molar-refractivity contribution in [2.45, 2.75) is 19.9 Å². The Morgan fingerprint density at radius 3 is 2.81 bits per heavy atom. The molecule has 0 saturated heterocycles. The average Bonchev–Trinajstić information content (AvgIpc) is 2.25. The van der Waals surface area contributed by atoms with Gasteiger partial charge in [-0.2, -0.15) is 0 Å². The van der Waals surface area contributed by atoms with E-state index in [4.69, 9.17) is 23.1 Å². The maximum atomic E-state index is 8.98. The second kappa shape index (κ2) is 5.72. The Bertz CT molecular complexity index is 370. The largest absolute Gasteiger partial charge is 0.395 e. The van der Waals surface area contributed by atoms with Gasteiger partial charge < -0.3 is 15.7 Å². The molecule has 0 unspecified atom stereocenters. The van der Waals surface area contributed by atoms with E-state index in [2.05, 4.69) is 9.97 Å². The molecule has 1 aromatic rings. The van der Waals surface area contributed by atoms with Crippen molar-refractivity contribution in [2.75, 3.05) is 18.1 Å². The number of thiocarbonyl (C=S) groups is 1. The first-order valence-corrected chi connectivity index (χ1v) is 5.47. The van der Waals surface area contributed by atoms with Gasteiger partial charge in [-0.05, 0) is 19.9 Å². The molecular formula is C10H16N4OS. The van der Waals surface area contributed by atoms with E-state index in [1.54, 1.807) is 12.3 Å². The molecule has 0 spiro atoms. The standard InChI is InChI=1S/C10H16N4OS/c1-7(2)14(5-6-15)10-12-4-3-8(13-10)9(11)16/h3-4,7,15H,5-6H2,1-2H3,(H2,11,16). The van der Waals surface area contributed by atoms with Crippen LogP contribution in [-0.2, 0) is 0 Å². The third-order valence-corrected chi connectivity index (χ3v) is 2.33. The molecule has 0 bridgehead atoms. The molecule has 0 atom stereocenters. The molecule has 1 rings (SSSR count). The van der Waals surface area contributed by atoms with Crippen LogP contribution in [-0.4, -0.2) is 39.3 Å². The number of aliphatic hydroxyl groups excluding tert-OH is 1. The van der Waals surface area contributed by atoms with E-state index in [9.17, 15) is 0 Å². The first-order valence-electron chi connectivity index (χ1n) is 5.06. The van der Waals surface area contributed by atoms with Crippen LogP contribution in [0.1, 0.15) is 19.5 Å². The minimum absolute atomic E-state index is 0.0544. The van der Waals surface area contributed by atoms with Gasteiger partial charge in [-0.15, -0.1) is 0 Å². The van der Waals surface area contributed by atoms with Gasteiger partial charge in [0.25, 0.3) is 0 Å². The van der Waals surface area contributed by atoms with E-state index in [0.717, 1.165) is 0 Å².